The van der Waals surface area contributed by atoms with Crippen molar-refractivity contribution in [3.63, 3.8) is 0 Å². The van der Waals surface area contributed by atoms with Crippen molar-refractivity contribution in [2.45, 2.75) is 0 Å². The smallest absolute Gasteiger partial charge is 0.283 e. The summed E-state index contributed by atoms with van der Waals surface area (Å²) < 4.78 is 29.1. The van der Waals surface area contributed by atoms with Crippen molar-refractivity contribution in [3.05, 3.63) is 35.9 Å². The minimum atomic E-state index is -4.25. The Bertz CT molecular complexity index is 532. The SMILES string of the molecule is O=C(CNC(=O)c1ccccc1)NCS(=O)(=O)O.[K]. The molecule has 9 heteroatoms. The van der Waals surface area contributed by atoms with Crippen molar-refractivity contribution in [3.8, 4) is 0 Å². The van der Waals surface area contributed by atoms with Crippen molar-refractivity contribution < 1.29 is 22.6 Å². The van der Waals surface area contributed by atoms with Crippen LogP contribution in [0.15, 0.2) is 30.3 Å². The summed E-state index contributed by atoms with van der Waals surface area (Å²) in [6, 6.07) is 8.24. The molecule has 0 aliphatic carbocycles. The van der Waals surface area contributed by atoms with Gasteiger partial charge in [0.2, 0.25) is 5.91 Å². The molecule has 0 atom stereocenters. The maximum absolute atomic E-state index is 11.5. The third-order valence-electron chi connectivity index (χ3n) is 1.90. The normalized spacial score (nSPS) is 10.2. The molecule has 2 amide bonds. The van der Waals surface area contributed by atoms with Crippen LogP contribution in [0.2, 0.25) is 0 Å². The van der Waals surface area contributed by atoms with Crippen LogP contribution in [0.25, 0.3) is 0 Å². The Morgan fingerprint density at radius 3 is 2.21 bits per heavy atom. The van der Waals surface area contributed by atoms with Crippen molar-refractivity contribution in [2.24, 2.45) is 0 Å². The molecule has 0 aliphatic heterocycles. The molecule has 0 heterocycles. The van der Waals surface area contributed by atoms with Crippen molar-refractivity contribution in [2.75, 3.05) is 12.4 Å². The van der Waals surface area contributed by atoms with E-state index in [1.807, 2.05) is 5.32 Å². The molecule has 0 fully saturated rings. The van der Waals surface area contributed by atoms with E-state index in [1.165, 1.54) is 0 Å². The fourth-order valence-electron chi connectivity index (χ4n) is 1.09. The number of hydrogen-bond donors (Lipinski definition) is 3. The maximum atomic E-state index is 11.5. The fourth-order valence-corrected chi connectivity index (χ4v) is 1.43. The number of carbonyl (C=O) groups is 2. The number of hydrogen-bond acceptors (Lipinski definition) is 4. The summed E-state index contributed by atoms with van der Waals surface area (Å²) in [6.45, 7) is -0.372. The first-order valence-electron chi connectivity index (χ1n) is 4.93. The van der Waals surface area contributed by atoms with Gasteiger partial charge >= 0.3 is 0 Å². The molecule has 0 bridgehead atoms. The van der Waals surface area contributed by atoms with Crippen LogP contribution in [0.4, 0.5) is 0 Å². The second-order valence-corrected chi connectivity index (χ2v) is 4.83. The monoisotopic (exact) mass is 311 g/mol. The van der Waals surface area contributed by atoms with Gasteiger partial charge in [-0.15, -0.1) is 0 Å². The standard InChI is InChI=1S/C10H12N2O5S.K/c13-9(12-7-18(15,16)17)6-11-10(14)8-4-2-1-3-5-8;/h1-5H,6-7H2,(H,11,14)(H,12,13)(H,15,16,17);. The quantitative estimate of drug-likeness (QED) is 0.477. The second kappa shape index (κ2) is 8.79. The average molecular weight is 311 g/mol. The summed E-state index contributed by atoms with van der Waals surface area (Å²) in [7, 11) is -4.25. The zero-order valence-electron chi connectivity index (χ0n) is 10.3. The van der Waals surface area contributed by atoms with Gasteiger partial charge in [0, 0.05) is 56.9 Å². The van der Waals surface area contributed by atoms with E-state index < -0.39 is 27.8 Å². The van der Waals surface area contributed by atoms with E-state index >= 15 is 0 Å². The molecule has 0 saturated heterocycles. The van der Waals surface area contributed by atoms with Crippen LogP contribution in [0.3, 0.4) is 0 Å². The number of benzene rings is 1. The summed E-state index contributed by atoms with van der Waals surface area (Å²) in [5.41, 5.74) is 0.389. The maximum Gasteiger partial charge on any atom is 0.283 e. The minimum Gasteiger partial charge on any atom is -0.343 e. The first-order chi connectivity index (χ1) is 8.38. The Kier molecular flexibility index (Phi) is 8.66. The topological polar surface area (TPSA) is 113 Å². The van der Waals surface area contributed by atoms with E-state index in [0.717, 1.165) is 0 Å². The molecule has 1 aromatic carbocycles. The second-order valence-electron chi connectivity index (χ2n) is 3.37. The third kappa shape index (κ3) is 8.47. The van der Waals surface area contributed by atoms with Gasteiger partial charge in [0.05, 0.1) is 6.54 Å². The van der Waals surface area contributed by atoms with Gasteiger partial charge < -0.3 is 10.6 Å². The number of carbonyl (C=O) groups excluding carboxylic acids is 2. The summed E-state index contributed by atoms with van der Waals surface area (Å²) in [6.07, 6.45) is 0. The molecule has 3 N–H and O–H groups in total. The summed E-state index contributed by atoms with van der Waals surface area (Å²) in [4.78, 5) is 22.6. The first kappa shape index (κ1) is 18.7. The van der Waals surface area contributed by atoms with Gasteiger partial charge in [-0.2, -0.15) is 8.42 Å². The van der Waals surface area contributed by atoms with Crippen LogP contribution in [-0.4, -0.2) is 88.6 Å². The Morgan fingerprint density at radius 2 is 1.68 bits per heavy atom. The van der Waals surface area contributed by atoms with Crippen LogP contribution in [0, 0.1) is 0 Å². The summed E-state index contributed by atoms with van der Waals surface area (Å²) in [5.74, 6) is -2.04. The molecule has 0 unspecified atom stereocenters. The number of rotatable bonds is 5. The summed E-state index contributed by atoms with van der Waals surface area (Å²) in [5, 5.41) is 4.25. The zero-order chi connectivity index (χ0) is 13.6. The van der Waals surface area contributed by atoms with Crippen molar-refractivity contribution >= 4 is 73.3 Å². The van der Waals surface area contributed by atoms with Crippen molar-refractivity contribution in [1.82, 2.24) is 10.6 Å². The predicted octanol–water partition coefficient (Wildman–Crippen LogP) is -1.00. The van der Waals surface area contributed by atoms with Crippen LogP contribution in [0.5, 0.6) is 0 Å². The molecule has 7 nitrogen and oxygen atoms in total. The zero-order valence-corrected chi connectivity index (χ0v) is 14.2. The van der Waals surface area contributed by atoms with Gasteiger partial charge in [-0.3, -0.25) is 14.1 Å². The number of amides is 2. The summed E-state index contributed by atoms with van der Waals surface area (Å²) >= 11 is 0. The molecule has 1 aromatic rings. The molecule has 1 radical (unpaired) electrons. The Labute approximate surface area is 153 Å². The third-order valence-corrected chi connectivity index (χ3v) is 2.41. The predicted molar refractivity (Wildman–Crippen MR) is 69.1 cm³/mol. The van der Waals surface area contributed by atoms with Gasteiger partial charge in [0.1, 0.15) is 5.88 Å². The van der Waals surface area contributed by atoms with Gasteiger partial charge in [0.15, 0.2) is 0 Å². The van der Waals surface area contributed by atoms with E-state index in [9.17, 15) is 18.0 Å². The first-order valence-corrected chi connectivity index (χ1v) is 6.54. The van der Waals surface area contributed by atoms with Gasteiger partial charge in [-0.05, 0) is 12.1 Å². The Balaban J connectivity index is 0.00000324. The van der Waals surface area contributed by atoms with E-state index in [2.05, 4.69) is 5.32 Å². The van der Waals surface area contributed by atoms with Crippen LogP contribution in [0.1, 0.15) is 10.4 Å². The van der Waals surface area contributed by atoms with Crippen LogP contribution < -0.4 is 10.6 Å². The molecule has 0 aromatic heterocycles. The van der Waals surface area contributed by atoms with Crippen LogP contribution >= 0.6 is 0 Å². The average Bonchev–Trinajstić information content (AvgIpc) is 2.33. The van der Waals surface area contributed by atoms with E-state index in [1.54, 1.807) is 30.3 Å². The minimum absolute atomic E-state index is 0. The van der Waals surface area contributed by atoms with E-state index in [0.29, 0.717) is 5.56 Å². The van der Waals surface area contributed by atoms with Crippen LogP contribution in [-0.2, 0) is 14.9 Å². The molecular weight excluding hydrogens is 299 g/mol. The van der Waals surface area contributed by atoms with Gasteiger partial charge in [-0.1, -0.05) is 18.2 Å². The van der Waals surface area contributed by atoms with E-state index in [-0.39, 0.29) is 57.9 Å². The molecule has 0 spiro atoms. The molecule has 19 heavy (non-hydrogen) atoms. The number of nitrogens with one attached hydrogen (secondary N) is 2. The molecule has 0 aliphatic rings. The largest absolute Gasteiger partial charge is 0.343 e. The molecule has 1 rings (SSSR count). The molecule has 0 saturated carbocycles. The van der Waals surface area contributed by atoms with E-state index in [4.69, 9.17) is 4.55 Å². The Hall–Kier alpha value is -0.294. The molecule has 99 valence electrons. The van der Waals surface area contributed by atoms with Gasteiger partial charge in [0.25, 0.3) is 16.0 Å². The molecular formula is C10H12KN2O5S. The van der Waals surface area contributed by atoms with Crippen molar-refractivity contribution in [1.29, 1.82) is 0 Å². The van der Waals surface area contributed by atoms with Gasteiger partial charge in [-0.25, -0.2) is 0 Å². The fraction of sp³-hybridized carbons (Fsp3) is 0.200. The Morgan fingerprint density at radius 1 is 1.11 bits per heavy atom.